The van der Waals surface area contributed by atoms with Gasteiger partial charge in [-0.15, -0.1) is 12.4 Å². The summed E-state index contributed by atoms with van der Waals surface area (Å²) < 4.78 is 5.82. The molecule has 0 saturated heterocycles. The van der Waals surface area contributed by atoms with Crippen LogP contribution in [0.5, 0.6) is 5.75 Å². The van der Waals surface area contributed by atoms with Gasteiger partial charge in [0.15, 0.2) is 0 Å². The molecule has 0 bridgehead atoms. The first-order valence-electron chi connectivity index (χ1n) is 8.14. The summed E-state index contributed by atoms with van der Waals surface area (Å²) in [7, 11) is 0. The summed E-state index contributed by atoms with van der Waals surface area (Å²) in [6, 6.07) is 7.36. The first-order valence-corrected chi connectivity index (χ1v) is 8.14. The van der Waals surface area contributed by atoms with E-state index in [1.165, 1.54) is 0 Å². The van der Waals surface area contributed by atoms with Gasteiger partial charge in [-0.05, 0) is 30.7 Å². The van der Waals surface area contributed by atoms with Crippen LogP contribution in [0.3, 0.4) is 0 Å². The van der Waals surface area contributed by atoms with E-state index >= 15 is 0 Å². The molecule has 0 unspecified atom stereocenters. The fourth-order valence-corrected chi connectivity index (χ4v) is 2.12. The molecule has 4 nitrogen and oxygen atoms in total. The zero-order chi connectivity index (χ0) is 16.5. The molecule has 1 aromatic rings. The van der Waals surface area contributed by atoms with E-state index in [2.05, 4.69) is 33.0 Å². The zero-order valence-corrected chi connectivity index (χ0v) is 15.5. The van der Waals surface area contributed by atoms with Crippen molar-refractivity contribution in [3.63, 3.8) is 0 Å². The molecule has 1 amide bonds. The van der Waals surface area contributed by atoms with Crippen molar-refractivity contribution in [1.29, 1.82) is 0 Å². The van der Waals surface area contributed by atoms with Crippen LogP contribution < -0.4 is 15.8 Å². The van der Waals surface area contributed by atoms with Crippen molar-refractivity contribution in [2.75, 3.05) is 6.61 Å². The smallest absolute Gasteiger partial charge is 0.237 e. The first kappa shape index (κ1) is 21.7. The predicted octanol–water partition coefficient (Wildman–Crippen LogP) is 3.52. The van der Waals surface area contributed by atoms with Crippen LogP contribution in [0, 0.1) is 11.8 Å². The predicted molar refractivity (Wildman–Crippen MR) is 97.9 cm³/mol. The summed E-state index contributed by atoms with van der Waals surface area (Å²) in [5, 5.41) is 2.90. The standard InChI is InChI=1S/C18H30N2O2.ClH/c1-13(2)9-10-22-17-8-6-5-7-15(17)12-20-18(21)16(19)11-14(3)4;/h5-8,13-14,16H,9-12,19H2,1-4H3,(H,20,21);1H/t16-;/m0./s1. The van der Waals surface area contributed by atoms with E-state index in [1.807, 2.05) is 24.3 Å². The maximum Gasteiger partial charge on any atom is 0.237 e. The second-order valence-electron chi connectivity index (χ2n) is 6.59. The van der Waals surface area contributed by atoms with Crippen molar-refractivity contribution in [2.45, 2.75) is 53.1 Å². The number of amides is 1. The van der Waals surface area contributed by atoms with Gasteiger partial charge in [0.25, 0.3) is 0 Å². The highest BCUT2D eigenvalue weighted by Gasteiger charge is 2.15. The van der Waals surface area contributed by atoms with Crippen molar-refractivity contribution in [3.05, 3.63) is 29.8 Å². The molecule has 5 heteroatoms. The number of ether oxygens (including phenoxy) is 1. The maximum absolute atomic E-state index is 12.0. The van der Waals surface area contributed by atoms with Gasteiger partial charge >= 0.3 is 0 Å². The fourth-order valence-electron chi connectivity index (χ4n) is 2.12. The highest BCUT2D eigenvalue weighted by molar-refractivity contribution is 5.85. The van der Waals surface area contributed by atoms with Gasteiger partial charge in [0, 0.05) is 12.1 Å². The molecule has 132 valence electrons. The number of carbonyl (C=O) groups excluding carboxylic acids is 1. The Morgan fingerprint density at radius 2 is 1.83 bits per heavy atom. The maximum atomic E-state index is 12.0. The van der Waals surface area contributed by atoms with E-state index in [1.54, 1.807) is 0 Å². The number of nitrogens with one attached hydrogen (secondary N) is 1. The summed E-state index contributed by atoms with van der Waals surface area (Å²) in [6.45, 7) is 9.60. The van der Waals surface area contributed by atoms with E-state index in [9.17, 15) is 4.79 Å². The van der Waals surface area contributed by atoms with Crippen molar-refractivity contribution >= 4 is 18.3 Å². The molecule has 0 aliphatic carbocycles. The van der Waals surface area contributed by atoms with Crippen LogP contribution >= 0.6 is 12.4 Å². The average molecular weight is 343 g/mol. The molecule has 0 spiro atoms. The number of hydrogen-bond acceptors (Lipinski definition) is 3. The Kier molecular flexibility index (Phi) is 10.7. The molecule has 3 N–H and O–H groups in total. The normalized spacial score (nSPS) is 12.0. The summed E-state index contributed by atoms with van der Waals surface area (Å²) in [5.41, 5.74) is 6.87. The van der Waals surface area contributed by atoms with Crippen LogP contribution in [0.1, 0.15) is 46.1 Å². The van der Waals surface area contributed by atoms with Crippen molar-refractivity contribution in [1.82, 2.24) is 5.32 Å². The lowest BCUT2D eigenvalue weighted by molar-refractivity contribution is -0.122. The molecule has 0 aromatic heterocycles. The van der Waals surface area contributed by atoms with Gasteiger partial charge in [0.2, 0.25) is 5.91 Å². The molecule has 1 atom stereocenters. The van der Waals surface area contributed by atoms with Crippen LogP contribution in [0.15, 0.2) is 24.3 Å². The molecular formula is C18H31ClN2O2. The molecule has 23 heavy (non-hydrogen) atoms. The first-order chi connectivity index (χ1) is 10.4. The Morgan fingerprint density at radius 1 is 1.17 bits per heavy atom. The van der Waals surface area contributed by atoms with Crippen molar-refractivity contribution in [2.24, 2.45) is 17.6 Å². The summed E-state index contributed by atoms with van der Waals surface area (Å²) in [4.78, 5) is 12.0. The van der Waals surface area contributed by atoms with Crippen LogP contribution in [-0.4, -0.2) is 18.6 Å². The largest absolute Gasteiger partial charge is 0.493 e. The van der Waals surface area contributed by atoms with Gasteiger partial charge in [0.05, 0.1) is 12.6 Å². The SMILES string of the molecule is CC(C)CCOc1ccccc1CNC(=O)[C@@H](N)CC(C)C.Cl. The summed E-state index contributed by atoms with van der Waals surface area (Å²) in [6.07, 6.45) is 1.71. The van der Waals surface area contributed by atoms with Gasteiger partial charge in [-0.3, -0.25) is 4.79 Å². The Morgan fingerprint density at radius 3 is 2.43 bits per heavy atom. The number of benzene rings is 1. The van der Waals surface area contributed by atoms with E-state index in [0.717, 1.165) is 17.7 Å². The van der Waals surface area contributed by atoms with Crippen LogP contribution in [-0.2, 0) is 11.3 Å². The third kappa shape index (κ3) is 8.82. The van der Waals surface area contributed by atoms with Gasteiger partial charge in [0.1, 0.15) is 5.75 Å². The monoisotopic (exact) mass is 342 g/mol. The molecule has 1 aromatic carbocycles. The minimum absolute atomic E-state index is 0. The molecular weight excluding hydrogens is 312 g/mol. The van der Waals surface area contributed by atoms with Gasteiger partial charge in [-0.25, -0.2) is 0 Å². The minimum Gasteiger partial charge on any atom is -0.493 e. The summed E-state index contributed by atoms with van der Waals surface area (Å²) in [5.74, 6) is 1.75. The van der Waals surface area contributed by atoms with Gasteiger partial charge < -0.3 is 15.8 Å². The van der Waals surface area contributed by atoms with Crippen LogP contribution in [0.2, 0.25) is 0 Å². The quantitative estimate of drug-likeness (QED) is 0.721. The highest BCUT2D eigenvalue weighted by atomic mass is 35.5. The number of carbonyl (C=O) groups is 1. The lowest BCUT2D eigenvalue weighted by Gasteiger charge is -2.16. The van der Waals surface area contributed by atoms with Crippen LogP contribution in [0.25, 0.3) is 0 Å². The third-order valence-electron chi connectivity index (χ3n) is 3.44. The fraction of sp³-hybridized carbons (Fsp3) is 0.611. The Hall–Kier alpha value is -1.26. The second-order valence-corrected chi connectivity index (χ2v) is 6.59. The second kappa shape index (κ2) is 11.3. The van der Waals surface area contributed by atoms with Gasteiger partial charge in [-0.2, -0.15) is 0 Å². The molecule has 0 radical (unpaired) electrons. The van der Waals surface area contributed by atoms with E-state index in [0.29, 0.717) is 31.4 Å². The molecule has 0 saturated carbocycles. The Balaban J connectivity index is 0.00000484. The molecule has 0 fully saturated rings. The third-order valence-corrected chi connectivity index (χ3v) is 3.44. The lowest BCUT2D eigenvalue weighted by atomic mass is 10.0. The highest BCUT2D eigenvalue weighted by Crippen LogP contribution is 2.18. The lowest BCUT2D eigenvalue weighted by Crippen LogP contribution is -2.41. The number of rotatable bonds is 9. The van der Waals surface area contributed by atoms with E-state index in [-0.39, 0.29) is 18.3 Å². The number of nitrogens with two attached hydrogens (primary N) is 1. The van der Waals surface area contributed by atoms with Crippen molar-refractivity contribution < 1.29 is 9.53 Å². The summed E-state index contributed by atoms with van der Waals surface area (Å²) >= 11 is 0. The molecule has 0 aliphatic rings. The molecule has 1 rings (SSSR count). The Bertz CT molecular complexity index is 464. The van der Waals surface area contributed by atoms with E-state index < -0.39 is 6.04 Å². The zero-order valence-electron chi connectivity index (χ0n) is 14.7. The van der Waals surface area contributed by atoms with Crippen molar-refractivity contribution in [3.8, 4) is 5.75 Å². The minimum atomic E-state index is -0.450. The van der Waals surface area contributed by atoms with Gasteiger partial charge in [-0.1, -0.05) is 45.9 Å². The van der Waals surface area contributed by atoms with Crippen LogP contribution in [0.4, 0.5) is 0 Å². The average Bonchev–Trinajstić information content (AvgIpc) is 2.44. The van der Waals surface area contributed by atoms with E-state index in [4.69, 9.17) is 10.5 Å². The number of hydrogen-bond donors (Lipinski definition) is 2. The molecule has 0 aliphatic heterocycles. The number of halogens is 1. The molecule has 0 heterocycles. The topological polar surface area (TPSA) is 64.3 Å². The Labute approximate surface area is 146 Å². The number of para-hydroxylation sites is 1.